The standard InChI is InChI=1S/C29H27ClF3N5O2S2/c1-18(21-4-2-12-34-17-21)36-26-15-19(14-23(37-26)20-6-8-22(9-7-20)29(31,32)33)16-35-28(39)24-5-3-13-38(24)42(40)27-11-10-25(30)41-27/h2,4,6-12,14-15,17-18,24H,3,5,13,16H2,1H3,(H,35,39)(H,36,37)/t18?,24-,42?/m0/s1. The molecule has 7 nitrogen and oxygen atoms in total. The van der Waals surface area contributed by atoms with Crippen molar-refractivity contribution in [1.29, 1.82) is 0 Å². The third kappa shape index (κ3) is 7.17. The van der Waals surface area contributed by atoms with Crippen molar-refractivity contribution >= 4 is 45.6 Å². The molecule has 0 spiro atoms. The fourth-order valence-electron chi connectivity index (χ4n) is 4.69. The molecule has 1 aromatic carbocycles. The molecule has 4 aromatic rings. The number of pyridine rings is 2. The molecule has 0 aliphatic carbocycles. The maximum atomic E-state index is 13.2. The largest absolute Gasteiger partial charge is 0.416 e. The summed E-state index contributed by atoms with van der Waals surface area (Å²) in [5.41, 5.74) is 1.83. The highest BCUT2D eigenvalue weighted by Crippen LogP contribution is 2.32. The van der Waals surface area contributed by atoms with Crippen molar-refractivity contribution in [3.63, 3.8) is 0 Å². The van der Waals surface area contributed by atoms with Crippen LogP contribution >= 0.6 is 22.9 Å². The lowest BCUT2D eigenvalue weighted by atomic mass is 10.1. The molecule has 220 valence electrons. The van der Waals surface area contributed by atoms with Gasteiger partial charge in [0.05, 0.1) is 21.6 Å². The summed E-state index contributed by atoms with van der Waals surface area (Å²) in [6.07, 6.45) is 0.268. The lowest BCUT2D eigenvalue weighted by molar-refractivity contribution is -0.137. The van der Waals surface area contributed by atoms with Gasteiger partial charge in [0.15, 0.2) is 0 Å². The van der Waals surface area contributed by atoms with E-state index in [2.05, 4.69) is 20.6 Å². The molecule has 1 aliphatic rings. The van der Waals surface area contributed by atoms with Crippen LogP contribution in [-0.2, 0) is 28.5 Å². The first-order valence-corrected chi connectivity index (χ1v) is 15.5. The van der Waals surface area contributed by atoms with Gasteiger partial charge in [0, 0.05) is 31.0 Å². The Labute approximate surface area is 252 Å². The molecule has 1 amide bonds. The van der Waals surface area contributed by atoms with Crippen molar-refractivity contribution in [2.24, 2.45) is 0 Å². The third-order valence-corrected chi connectivity index (χ3v) is 9.90. The van der Waals surface area contributed by atoms with E-state index in [0.717, 1.165) is 24.1 Å². The van der Waals surface area contributed by atoms with Gasteiger partial charge in [-0.15, -0.1) is 11.3 Å². The fourth-order valence-corrected chi connectivity index (χ4v) is 7.59. The number of halogens is 4. The first-order chi connectivity index (χ1) is 20.1. The SMILES string of the molecule is CC(Nc1cc(CNC(=O)[C@@H]2CCCN2S(=O)c2ccc(Cl)s2)cc(-c2ccc(C(F)(F)F)cc2)n1)c1cccnc1. The second kappa shape index (κ2) is 12.9. The Kier molecular flexibility index (Phi) is 9.26. The first kappa shape index (κ1) is 30.1. The Morgan fingerprint density at radius 1 is 1.19 bits per heavy atom. The Bertz CT molecular complexity index is 1570. The lowest BCUT2D eigenvalue weighted by Gasteiger charge is -2.22. The monoisotopic (exact) mass is 633 g/mol. The van der Waals surface area contributed by atoms with E-state index in [-0.39, 0.29) is 18.5 Å². The van der Waals surface area contributed by atoms with E-state index in [4.69, 9.17) is 11.6 Å². The number of carbonyl (C=O) groups excluding carboxylic acids is 1. The van der Waals surface area contributed by atoms with Gasteiger partial charge >= 0.3 is 6.18 Å². The number of carbonyl (C=O) groups is 1. The number of amides is 1. The number of alkyl halides is 3. The van der Waals surface area contributed by atoms with Crippen molar-refractivity contribution in [1.82, 2.24) is 19.6 Å². The molecule has 3 aromatic heterocycles. The third-order valence-electron chi connectivity index (χ3n) is 6.85. The quantitative estimate of drug-likeness (QED) is 0.210. The maximum Gasteiger partial charge on any atom is 0.416 e. The number of aromatic nitrogens is 2. The molecule has 2 N–H and O–H groups in total. The summed E-state index contributed by atoms with van der Waals surface area (Å²) in [6, 6.07) is 14.7. The smallest absolute Gasteiger partial charge is 0.363 e. The number of thiophene rings is 1. The molecule has 13 heteroatoms. The zero-order valence-corrected chi connectivity index (χ0v) is 24.8. The van der Waals surface area contributed by atoms with Crippen LogP contribution in [0.5, 0.6) is 0 Å². The molecule has 2 unspecified atom stereocenters. The van der Waals surface area contributed by atoms with Gasteiger partial charge in [0.25, 0.3) is 0 Å². The van der Waals surface area contributed by atoms with Crippen LogP contribution in [0.2, 0.25) is 4.34 Å². The molecule has 42 heavy (non-hydrogen) atoms. The van der Waals surface area contributed by atoms with Crippen molar-refractivity contribution in [2.75, 3.05) is 11.9 Å². The molecule has 4 heterocycles. The van der Waals surface area contributed by atoms with Gasteiger partial charge in [-0.2, -0.15) is 13.2 Å². The lowest BCUT2D eigenvalue weighted by Crippen LogP contribution is -2.43. The summed E-state index contributed by atoms with van der Waals surface area (Å²) in [6.45, 7) is 2.61. The van der Waals surface area contributed by atoms with E-state index in [1.807, 2.05) is 19.1 Å². The van der Waals surface area contributed by atoms with E-state index < -0.39 is 28.8 Å². The maximum absolute atomic E-state index is 13.2. The van der Waals surface area contributed by atoms with Crippen molar-refractivity contribution in [3.05, 3.63) is 94.1 Å². The number of rotatable bonds is 9. The number of nitrogens with zero attached hydrogens (tertiary/aromatic N) is 3. The summed E-state index contributed by atoms with van der Waals surface area (Å²) in [7, 11) is -1.50. The van der Waals surface area contributed by atoms with Gasteiger partial charge in [0.2, 0.25) is 5.91 Å². The first-order valence-electron chi connectivity index (χ1n) is 13.1. The molecule has 0 bridgehead atoms. The molecule has 1 fully saturated rings. The second-order valence-electron chi connectivity index (χ2n) is 9.80. The number of hydrogen-bond acceptors (Lipinski definition) is 6. The van der Waals surface area contributed by atoms with E-state index >= 15 is 0 Å². The molecule has 0 radical (unpaired) electrons. The van der Waals surface area contributed by atoms with E-state index in [0.29, 0.717) is 44.1 Å². The highest BCUT2D eigenvalue weighted by atomic mass is 35.5. The van der Waals surface area contributed by atoms with Gasteiger partial charge < -0.3 is 10.6 Å². The minimum Gasteiger partial charge on any atom is -0.363 e. The molecule has 0 saturated carbocycles. The van der Waals surface area contributed by atoms with Crippen LogP contribution in [0.1, 0.15) is 42.5 Å². The van der Waals surface area contributed by atoms with Gasteiger partial charge in [-0.3, -0.25) is 9.78 Å². The molecular formula is C29H27ClF3N5O2S2. The topological polar surface area (TPSA) is 87.2 Å². The Hall–Kier alpha value is -3.32. The Morgan fingerprint density at radius 3 is 2.64 bits per heavy atom. The van der Waals surface area contributed by atoms with Gasteiger partial charge in [-0.1, -0.05) is 29.8 Å². The van der Waals surface area contributed by atoms with Crippen LogP contribution in [0, 0.1) is 0 Å². The molecule has 3 atom stereocenters. The number of benzene rings is 1. The summed E-state index contributed by atoms with van der Waals surface area (Å²) in [5.74, 6) is 0.237. The van der Waals surface area contributed by atoms with Crippen LogP contribution in [0.15, 0.2) is 77.3 Å². The zero-order chi connectivity index (χ0) is 29.9. The summed E-state index contributed by atoms with van der Waals surface area (Å²) in [4.78, 5) is 22.1. The number of anilines is 1. The number of hydrogen-bond donors (Lipinski definition) is 2. The van der Waals surface area contributed by atoms with Crippen LogP contribution < -0.4 is 10.6 Å². The van der Waals surface area contributed by atoms with Crippen molar-refractivity contribution in [3.8, 4) is 11.3 Å². The van der Waals surface area contributed by atoms with Crippen LogP contribution in [0.4, 0.5) is 19.0 Å². The predicted molar refractivity (Wildman–Crippen MR) is 158 cm³/mol. The average Bonchev–Trinajstić information content (AvgIpc) is 3.65. The average molecular weight is 634 g/mol. The zero-order valence-electron chi connectivity index (χ0n) is 22.4. The molecule has 1 saturated heterocycles. The molecule has 5 rings (SSSR count). The van der Waals surface area contributed by atoms with Gasteiger partial charge in [0.1, 0.15) is 27.1 Å². The molecular weight excluding hydrogens is 607 g/mol. The number of nitrogens with one attached hydrogen (secondary N) is 2. The normalized spacial score (nSPS) is 17.1. The van der Waals surface area contributed by atoms with Crippen LogP contribution in [0.25, 0.3) is 11.3 Å². The Morgan fingerprint density at radius 2 is 1.98 bits per heavy atom. The van der Waals surface area contributed by atoms with E-state index in [9.17, 15) is 22.2 Å². The highest BCUT2D eigenvalue weighted by molar-refractivity contribution is 7.85. The highest BCUT2D eigenvalue weighted by Gasteiger charge is 2.35. The van der Waals surface area contributed by atoms with E-state index in [1.54, 1.807) is 41.0 Å². The van der Waals surface area contributed by atoms with Crippen LogP contribution in [0.3, 0.4) is 0 Å². The fraction of sp³-hybridized carbons (Fsp3) is 0.276. The van der Waals surface area contributed by atoms with Gasteiger partial charge in [-0.25, -0.2) is 13.5 Å². The van der Waals surface area contributed by atoms with E-state index in [1.165, 1.54) is 23.5 Å². The summed E-state index contributed by atoms with van der Waals surface area (Å²) >= 11 is 7.24. The minimum absolute atomic E-state index is 0.146. The van der Waals surface area contributed by atoms with Crippen LogP contribution in [-0.4, -0.2) is 37.0 Å². The summed E-state index contributed by atoms with van der Waals surface area (Å²) < 4.78 is 55.3. The minimum atomic E-state index is -4.45. The second-order valence-corrected chi connectivity index (χ2v) is 13.2. The van der Waals surface area contributed by atoms with Gasteiger partial charge in [-0.05, 0) is 73.4 Å². The summed E-state index contributed by atoms with van der Waals surface area (Å²) in [5, 5.41) is 6.28. The molecule has 1 aliphatic heterocycles. The Balaban J connectivity index is 1.36. The van der Waals surface area contributed by atoms with Crippen molar-refractivity contribution in [2.45, 2.75) is 48.8 Å². The van der Waals surface area contributed by atoms with Crippen molar-refractivity contribution < 1.29 is 22.2 Å². The predicted octanol–water partition coefficient (Wildman–Crippen LogP) is 6.85.